The predicted octanol–water partition coefficient (Wildman–Crippen LogP) is 3.34. The minimum absolute atomic E-state index is 0.709. The molecule has 1 N–H and O–H groups in total. The number of nitrogens with one attached hydrogen (secondary N) is 1. The number of hydrogen-bond donors (Lipinski definition) is 1. The zero-order valence-electron chi connectivity index (χ0n) is 9.47. The zero-order valence-corrected chi connectivity index (χ0v) is 9.47. The van der Waals surface area contributed by atoms with Crippen molar-refractivity contribution in [3.8, 4) is 0 Å². The Morgan fingerprint density at radius 1 is 1.23 bits per heavy atom. The van der Waals surface area contributed by atoms with Crippen LogP contribution in [0.25, 0.3) is 0 Å². The lowest BCUT2D eigenvalue weighted by Gasteiger charge is -2.24. The van der Waals surface area contributed by atoms with Crippen molar-refractivity contribution in [1.29, 1.82) is 0 Å². The Hall–Kier alpha value is -0.0400. The average molecular weight is 183 g/mol. The number of rotatable bonds is 5. The highest BCUT2D eigenvalue weighted by atomic mass is 14.9. The predicted molar refractivity (Wildman–Crippen MR) is 58.9 cm³/mol. The molecule has 1 fully saturated rings. The first-order valence-electron chi connectivity index (χ1n) is 6.00. The van der Waals surface area contributed by atoms with Crippen LogP contribution in [0, 0.1) is 5.92 Å². The molecule has 0 aromatic rings. The molecule has 0 bridgehead atoms. The van der Waals surface area contributed by atoms with Crippen LogP contribution in [0.3, 0.4) is 0 Å². The van der Waals surface area contributed by atoms with Gasteiger partial charge in [-0.15, -0.1) is 0 Å². The summed E-state index contributed by atoms with van der Waals surface area (Å²) in [6, 6.07) is 1.45. The monoisotopic (exact) mass is 183 g/mol. The minimum Gasteiger partial charge on any atom is -0.312 e. The van der Waals surface area contributed by atoms with Gasteiger partial charge in [0.1, 0.15) is 0 Å². The van der Waals surface area contributed by atoms with E-state index in [-0.39, 0.29) is 0 Å². The Kier molecular flexibility index (Phi) is 4.79. The Morgan fingerprint density at radius 3 is 2.38 bits per heavy atom. The van der Waals surface area contributed by atoms with Crippen LogP contribution in [0.1, 0.15) is 59.3 Å². The lowest BCUT2D eigenvalue weighted by Crippen LogP contribution is -2.38. The topological polar surface area (TPSA) is 12.0 Å². The van der Waals surface area contributed by atoms with Gasteiger partial charge in [-0.05, 0) is 39.0 Å². The molecule has 0 amide bonds. The summed E-state index contributed by atoms with van der Waals surface area (Å²) in [5, 5.41) is 3.72. The van der Waals surface area contributed by atoms with Crippen LogP contribution in [-0.2, 0) is 0 Å². The molecule has 1 heteroatoms. The molecule has 1 saturated carbocycles. The summed E-state index contributed by atoms with van der Waals surface area (Å²) in [6.45, 7) is 6.94. The van der Waals surface area contributed by atoms with E-state index in [0.717, 1.165) is 12.0 Å². The third-order valence-corrected chi connectivity index (χ3v) is 3.38. The SMILES string of the molecule is CCCC(C)N[C@H](C)C1CCCC1. The summed E-state index contributed by atoms with van der Waals surface area (Å²) >= 11 is 0. The summed E-state index contributed by atoms with van der Waals surface area (Å²) in [6.07, 6.45) is 8.43. The van der Waals surface area contributed by atoms with Crippen molar-refractivity contribution in [2.45, 2.75) is 71.4 Å². The normalized spacial score (nSPS) is 23.3. The van der Waals surface area contributed by atoms with Crippen LogP contribution in [0.5, 0.6) is 0 Å². The molecule has 1 unspecified atom stereocenters. The summed E-state index contributed by atoms with van der Waals surface area (Å²) in [5.41, 5.74) is 0. The summed E-state index contributed by atoms with van der Waals surface area (Å²) in [4.78, 5) is 0. The molecular weight excluding hydrogens is 158 g/mol. The van der Waals surface area contributed by atoms with E-state index in [2.05, 4.69) is 26.1 Å². The molecule has 0 heterocycles. The molecule has 1 aliphatic rings. The van der Waals surface area contributed by atoms with Crippen molar-refractivity contribution >= 4 is 0 Å². The zero-order chi connectivity index (χ0) is 9.68. The molecule has 0 aromatic heterocycles. The quantitative estimate of drug-likeness (QED) is 0.689. The highest BCUT2D eigenvalue weighted by molar-refractivity contribution is 4.79. The smallest absolute Gasteiger partial charge is 0.00694 e. The lowest BCUT2D eigenvalue weighted by molar-refractivity contribution is 0.340. The maximum atomic E-state index is 3.72. The summed E-state index contributed by atoms with van der Waals surface area (Å²) in [7, 11) is 0. The third kappa shape index (κ3) is 3.68. The molecule has 1 aliphatic carbocycles. The standard InChI is InChI=1S/C12H25N/c1-4-7-10(2)13-11(3)12-8-5-6-9-12/h10-13H,4-9H2,1-3H3/t10?,11-/m1/s1. The molecule has 0 aliphatic heterocycles. The van der Waals surface area contributed by atoms with Crippen LogP contribution in [0.15, 0.2) is 0 Å². The van der Waals surface area contributed by atoms with Gasteiger partial charge in [-0.25, -0.2) is 0 Å². The second kappa shape index (κ2) is 5.64. The van der Waals surface area contributed by atoms with Gasteiger partial charge in [-0.2, -0.15) is 0 Å². The van der Waals surface area contributed by atoms with Crippen molar-refractivity contribution in [3.63, 3.8) is 0 Å². The molecule has 0 spiro atoms. The van der Waals surface area contributed by atoms with Crippen molar-refractivity contribution in [2.24, 2.45) is 5.92 Å². The van der Waals surface area contributed by atoms with Gasteiger partial charge in [-0.3, -0.25) is 0 Å². The maximum Gasteiger partial charge on any atom is 0.00694 e. The molecule has 1 rings (SSSR count). The van der Waals surface area contributed by atoms with E-state index >= 15 is 0 Å². The summed E-state index contributed by atoms with van der Waals surface area (Å²) in [5.74, 6) is 0.958. The average Bonchev–Trinajstić information content (AvgIpc) is 2.55. The highest BCUT2D eigenvalue weighted by Crippen LogP contribution is 2.27. The van der Waals surface area contributed by atoms with E-state index in [9.17, 15) is 0 Å². The molecule has 78 valence electrons. The molecular formula is C12H25N. The van der Waals surface area contributed by atoms with Gasteiger partial charge in [0.15, 0.2) is 0 Å². The van der Waals surface area contributed by atoms with Gasteiger partial charge in [-0.1, -0.05) is 26.2 Å². The van der Waals surface area contributed by atoms with Crippen LogP contribution >= 0.6 is 0 Å². The van der Waals surface area contributed by atoms with E-state index in [1.54, 1.807) is 0 Å². The van der Waals surface area contributed by atoms with Crippen molar-refractivity contribution in [2.75, 3.05) is 0 Å². The fourth-order valence-corrected chi connectivity index (χ4v) is 2.56. The van der Waals surface area contributed by atoms with Crippen LogP contribution in [0.2, 0.25) is 0 Å². The van der Waals surface area contributed by atoms with Crippen molar-refractivity contribution in [3.05, 3.63) is 0 Å². The van der Waals surface area contributed by atoms with E-state index in [4.69, 9.17) is 0 Å². The highest BCUT2D eigenvalue weighted by Gasteiger charge is 2.21. The fraction of sp³-hybridized carbons (Fsp3) is 1.00. The Labute approximate surface area is 83.3 Å². The van der Waals surface area contributed by atoms with E-state index in [0.29, 0.717) is 6.04 Å². The fourth-order valence-electron chi connectivity index (χ4n) is 2.56. The second-order valence-corrected chi connectivity index (χ2v) is 4.69. The molecule has 1 nitrogen and oxygen atoms in total. The van der Waals surface area contributed by atoms with Gasteiger partial charge < -0.3 is 5.32 Å². The first-order chi connectivity index (χ1) is 6.24. The van der Waals surface area contributed by atoms with E-state index in [1.807, 2.05) is 0 Å². The van der Waals surface area contributed by atoms with Crippen LogP contribution < -0.4 is 5.32 Å². The van der Waals surface area contributed by atoms with Crippen LogP contribution in [-0.4, -0.2) is 12.1 Å². The Morgan fingerprint density at radius 2 is 1.85 bits per heavy atom. The maximum absolute atomic E-state index is 3.72. The third-order valence-electron chi connectivity index (χ3n) is 3.38. The van der Waals surface area contributed by atoms with Gasteiger partial charge in [0.25, 0.3) is 0 Å². The van der Waals surface area contributed by atoms with Gasteiger partial charge >= 0.3 is 0 Å². The number of hydrogen-bond acceptors (Lipinski definition) is 1. The summed E-state index contributed by atoms with van der Waals surface area (Å²) < 4.78 is 0. The minimum atomic E-state index is 0.709. The first-order valence-corrected chi connectivity index (χ1v) is 6.00. The van der Waals surface area contributed by atoms with E-state index < -0.39 is 0 Å². The van der Waals surface area contributed by atoms with Crippen molar-refractivity contribution in [1.82, 2.24) is 5.32 Å². The van der Waals surface area contributed by atoms with Gasteiger partial charge in [0.05, 0.1) is 0 Å². The van der Waals surface area contributed by atoms with Crippen LogP contribution in [0.4, 0.5) is 0 Å². The molecule has 0 aromatic carbocycles. The molecule has 0 radical (unpaired) electrons. The Bertz CT molecular complexity index is 127. The molecule has 0 saturated heterocycles. The van der Waals surface area contributed by atoms with Gasteiger partial charge in [0, 0.05) is 12.1 Å². The second-order valence-electron chi connectivity index (χ2n) is 4.69. The van der Waals surface area contributed by atoms with Crippen molar-refractivity contribution < 1.29 is 0 Å². The molecule has 13 heavy (non-hydrogen) atoms. The largest absolute Gasteiger partial charge is 0.312 e. The first kappa shape index (κ1) is 11.0. The Balaban J connectivity index is 2.18. The molecule has 2 atom stereocenters. The van der Waals surface area contributed by atoms with Gasteiger partial charge in [0.2, 0.25) is 0 Å². The van der Waals surface area contributed by atoms with E-state index in [1.165, 1.54) is 38.5 Å². The lowest BCUT2D eigenvalue weighted by atomic mass is 9.98.